The van der Waals surface area contributed by atoms with Gasteiger partial charge in [-0.1, -0.05) is 47.5 Å². The van der Waals surface area contributed by atoms with Crippen molar-refractivity contribution in [2.24, 2.45) is 0 Å². The number of hydrogen-bond acceptors (Lipinski definition) is 4. The number of nitrogens with zero attached hydrogens (tertiary/aromatic N) is 2. The molecular weight excluding hydrogens is 415 g/mol. The van der Waals surface area contributed by atoms with Gasteiger partial charge in [0.25, 0.3) is 11.6 Å². The van der Waals surface area contributed by atoms with Crippen LogP contribution in [-0.2, 0) is 4.79 Å². The highest BCUT2D eigenvalue weighted by atomic mass is 35.5. The van der Waals surface area contributed by atoms with E-state index < -0.39 is 17.1 Å². The lowest BCUT2D eigenvalue weighted by Gasteiger charge is -2.46. The van der Waals surface area contributed by atoms with Crippen LogP contribution in [-0.4, -0.2) is 16.9 Å². The number of rotatable bonds is 5. The summed E-state index contributed by atoms with van der Waals surface area (Å²) in [5, 5.41) is 12.2. The molecular formula is C21H14Cl2N2O4. The minimum absolute atomic E-state index is 0.0637. The van der Waals surface area contributed by atoms with Gasteiger partial charge in [-0.2, -0.15) is 0 Å². The molecule has 0 aromatic heterocycles. The molecule has 1 aliphatic rings. The number of hydrogen-bond donors (Lipinski definition) is 0. The van der Waals surface area contributed by atoms with Gasteiger partial charge in [-0.25, -0.2) is 0 Å². The van der Waals surface area contributed by atoms with Gasteiger partial charge in [-0.3, -0.25) is 19.8 Å². The van der Waals surface area contributed by atoms with E-state index in [1.54, 1.807) is 60.7 Å². The topological polar surface area (TPSA) is 72.7 Å². The number of amides is 1. The van der Waals surface area contributed by atoms with Crippen LogP contribution in [0, 0.1) is 10.1 Å². The second kappa shape index (κ2) is 7.73. The molecule has 0 aliphatic carbocycles. The van der Waals surface area contributed by atoms with E-state index in [0.717, 1.165) is 0 Å². The van der Waals surface area contributed by atoms with Crippen LogP contribution < -0.4 is 9.64 Å². The summed E-state index contributed by atoms with van der Waals surface area (Å²) in [4.78, 5) is 25.2. The van der Waals surface area contributed by atoms with Crippen LogP contribution in [0.3, 0.4) is 0 Å². The Balaban J connectivity index is 1.74. The van der Waals surface area contributed by atoms with Gasteiger partial charge in [0.15, 0.2) is 0 Å². The van der Waals surface area contributed by atoms with Gasteiger partial charge in [0.05, 0.1) is 15.6 Å². The summed E-state index contributed by atoms with van der Waals surface area (Å²) < 4.78 is 5.91. The lowest BCUT2D eigenvalue weighted by atomic mass is 9.89. The third-order valence-corrected chi connectivity index (χ3v) is 5.23. The van der Waals surface area contributed by atoms with Crippen molar-refractivity contribution in [1.29, 1.82) is 0 Å². The molecule has 29 heavy (non-hydrogen) atoms. The van der Waals surface area contributed by atoms with Gasteiger partial charge >= 0.3 is 0 Å². The summed E-state index contributed by atoms with van der Waals surface area (Å²) in [5.74, 6) is 0.187. The molecule has 0 bridgehead atoms. The van der Waals surface area contributed by atoms with Crippen molar-refractivity contribution in [3.8, 4) is 5.75 Å². The first kappa shape index (κ1) is 19.2. The lowest BCUT2D eigenvalue weighted by molar-refractivity contribution is -0.384. The molecule has 0 N–H and O–H groups in total. The Morgan fingerprint density at radius 1 is 0.966 bits per heavy atom. The van der Waals surface area contributed by atoms with Gasteiger partial charge < -0.3 is 4.74 Å². The highest BCUT2D eigenvalue weighted by Gasteiger charge is 2.51. The first-order chi connectivity index (χ1) is 14.0. The van der Waals surface area contributed by atoms with Crippen molar-refractivity contribution in [3.63, 3.8) is 0 Å². The lowest BCUT2D eigenvalue weighted by Crippen LogP contribution is -2.61. The largest absolute Gasteiger partial charge is 0.478 e. The average Bonchev–Trinajstić information content (AvgIpc) is 2.72. The molecule has 8 heteroatoms. The maximum absolute atomic E-state index is 13.0. The van der Waals surface area contributed by atoms with Crippen LogP contribution in [0.1, 0.15) is 11.6 Å². The van der Waals surface area contributed by atoms with Gasteiger partial charge in [0, 0.05) is 17.2 Å². The van der Waals surface area contributed by atoms with Crippen LogP contribution >= 0.6 is 23.2 Å². The third-order valence-electron chi connectivity index (χ3n) is 4.66. The van der Waals surface area contributed by atoms with E-state index in [1.807, 2.05) is 0 Å². The molecule has 0 radical (unpaired) electrons. The molecule has 1 saturated heterocycles. The number of para-hydroxylation sites is 1. The predicted molar refractivity (Wildman–Crippen MR) is 111 cm³/mol. The van der Waals surface area contributed by atoms with Crippen LogP contribution in [0.4, 0.5) is 11.4 Å². The third kappa shape index (κ3) is 3.64. The Morgan fingerprint density at radius 3 is 2.38 bits per heavy atom. The number of nitro benzene ring substituents is 1. The SMILES string of the molecule is O=C1C(Oc2ccc(Cl)cc2)C(c2cccc([N+](=O)[O-])c2)N1c1ccccc1Cl. The molecule has 146 valence electrons. The first-order valence-electron chi connectivity index (χ1n) is 8.70. The maximum atomic E-state index is 13.0. The highest BCUT2D eigenvalue weighted by molar-refractivity contribution is 6.34. The average molecular weight is 429 g/mol. The number of halogens is 2. The van der Waals surface area contributed by atoms with E-state index in [0.29, 0.717) is 27.0 Å². The summed E-state index contributed by atoms with van der Waals surface area (Å²) in [6, 6.07) is 19.2. The summed E-state index contributed by atoms with van der Waals surface area (Å²) in [7, 11) is 0. The van der Waals surface area contributed by atoms with Crippen LogP contribution in [0.2, 0.25) is 10.0 Å². The zero-order chi connectivity index (χ0) is 20.5. The summed E-state index contributed by atoms with van der Waals surface area (Å²) in [6.07, 6.45) is -0.852. The molecule has 6 nitrogen and oxygen atoms in total. The number of anilines is 1. The number of carbonyl (C=O) groups excluding carboxylic acids is 1. The maximum Gasteiger partial charge on any atom is 0.271 e. The van der Waals surface area contributed by atoms with E-state index in [2.05, 4.69) is 0 Å². The first-order valence-corrected chi connectivity index (χ1v) is 9.45. The summed E-state index contributed by atoms with van der Waals surface area (Å²) in [6.45, 7) is 0. The molecule has 3 aromatic carbocycles. The van der Waals surface area contributed by atoms with Gasteiger partial charge in [0.2, 0.25) is 6.10 Å². The molecule has 3 aromatic rings. The number of non-ortho nitro benzene ring substituents is 1. The Kier molecular flexibility index (Phi) is 5.13. The van der Waals surface area contributed by atoms with E-state index in [9.17, 15) is 14.9 Å². The van der Waals surface area contributed by atoms with Crippen molar-refractivity contribution in [2.45, 2.75) is 12.1 Å². The standard InChI is InChI=1S/C21H14Cl2N2O4/c22-14-8-10-16(11-9-14)29-20-19(13-4-3-5-15(12-13)25(27)28)24(21(20)26)18-7-2-1-6-17(18)23/h1-12,19-20H. The molecule has 4 rings (SSSR count). The Labute approximate surface area is 176 Å². The second-order valence-corrected chi connectivity index (χ2v) is 7.29. The van der Waals surface area contributed by atoms with Gasteiger partial charge in [-0.15, -0.1) is 0 Å². The molecule has 0 saturated carbocycles. The molecule has 2 atom stereocenters. The Bertz CT molecular complexity index is 1090. The minimum Gasteiger partial charge on any atom is -0.478 e. The number of benzene rings is 3. The normalized spacial score (nSPS) is 18.3. The molecule has 1 heterocycles. The Hall–Kier alpha value is -3.09. The summed E-state index contributed by atoms with van der Waals surface area (Å²) >= 11 is 12.2. The molecule has 1 aliphatic heterocycles. The van der Waals surface area contributed by atoms with Crippen molar-refractivity contribution in [3.05, 3.63) is 98.5 Å². The number of β-lactam (4-membered cyclic amide) rings is 1. The fourth-order valence-corrected chi connectivity index (χ4v) is 3.65. The van der Waals surface area contributed by atoms with Gasteiger partial charge in [-0.05, 0) is 42.0 Å². The van der Waals surface area contributed by atoms with E-state index in [1.165, 1.54) is 17.0 Å². The fourth-order valence-electron chi connectivity index (χ4n) is 3.30. The minimum atomic E-state index is -0.852. The molecule has 2 unspecified atom stereocenters. The zero-order valence-electron chi connectivity index (χ0n) is 14.9. The van der Waals surface area contributed by atoms with Crippen LogP contribution in [0.25, 0.3) is 0 Å². The fraction of sp³-hybridized carbons (Fsp3) is 0.0952. The predicted octanol–water partition coefficient (Wildman–Crippen LogP) is 5.44. The van der Waals surface area contributed by atoms with Crippen molar-refractivity contribution in [1.82, 2.24) is 0 Å². The number of nitro groups is 1. The molecule has 0 spiro atoms. The number of ether oxygens (including phenoxy) is 1. The van der Waals surface area contributed by atoms with Crippen LogP contribution in [0.5, 0.6) is 5.75 Å². The van der Waals surface area contributed by atoms with Gasteiger partial charge in [0.1, 0.15) is 11.8 Å². The zero-order valence-corrected chi connectivity index (χ0v) is 16.4. The van der Waals surface area contributed by atoms with E-state index in [-0.39, 0.29) is 11.6 Å². The highest BCUT2D eigenvalue weighted by Crippen LogP contribution is 2.44. The molecule has 1 amide bonds. The van der Waals surface area contributed by atoms with E-state index >= 15 is 0 Å². The van der Waals surface area contributed by atoms with Crippen molar-refractivity contribution in [2.75, 3.05) is 4.90 Å². The quantitative estimate of drug-likeness (QED) is 0.308. The second-order valence-electron chi connectivity index (χ2n) is 6.45. The van der Waals surface area contributed by atoms with Crippen molar-refractivity contribution < 1.29 is 14.5 Å². The smallest absolute Gasteiger partial charge is 0.271 e. The van der Waals surface area contributed by atoms with E-state index in [4.69, 9.17) is 27.9 Å². The monoisotopic (exact) mass is 428 g/mol. The summed E-state index contributed by atoms with van der Waals surface area (Å²) in [5.41, 5.74) is 1.04. The molecule has 1 fully saturated rings. The number of carbonyl (C=O) groups is 1. The van der Waals surface area contributed by atoms with Crippen molar-refractivity contribution >= 4 is 40.5 Å². The Morgan fingerprint density at radius 2 is 1.69 bits per heavy atom. The van der Waals surface area contributed by atoms with Crippen LogP contribution in [0.15, 0.2) is 72.8 Å².